The SMILES string of the molecule is CCCCCC/C=C\C=C/CCCCCCCC(=O)O[C@H](COC(=O)CCCCCCCCCCCCCCC)COP(=O)(O)OC[C@H](O)COP(=O)(O)OC[C@@H](COC(=O)CCCCCCCCCCCCCCCCC(C)C)OC(=O)CCCCCCCCCCCCCCCCCCCCC. The third kappa shape index (κ3) is 77.7. The van der Waals surface area contributed by atoms with Crippen molar-refractivity contribution >= 4 is 39.5 Å². The lowest BCUT2D eigenvalue weighted by atomic mass is 10.0. The van der Waals surface area contributed by atoms with E-state index in [1.54, 1.807) is 0 Å². The first-order valence-corrected chi connectivity index (χ1v) is 46.4. The van der Waals surface area contributed by atoms with Gasteiger partial charge < -0.3 is 33.8 Å². The topological polar surface area (TPSA) is 237 Å². The maximum absolute atomic E-state index is 13.1. The lowest BCUT2D eigenvalue weighted by molar-refractivity contribution is -0.161. The number of aliphatic hydroxyl groups is 1. The molecule has 614 valence electrons. The summed E-state index contributed by atoms with van der Waals surface area (Å²) in [7, 11) is -9.94. The lowest BCUT2D eigenvalue weighted by Crippen LogP contribution is -2.30. The van der Waals surface area contributed by atoms with E-state index in [0.717, 1.165) is 109 Å². The zero-order valence-corrected chi connectivity index (χ0v) is 69.4. The summed E-state index contributed by atoms with van der Waals surface area (Å²) in [6.07, 6.45) is 72.9. The molecule has 0 amide bonds. The van der Waals surface area contributed by atoms with Crippen LogP contribution < -0.4 is 0 Å². The average molecular weight is 1520 g/mol. The monoisotopic (exact) mass is 1520 g/mol. The molecule has 5 atom stereocenters. The summed E-state index contributed by atoms with van der Waals surface area (Å²) in [5, 5.41) is 10.7. The minimum atomic E-state index is -4.97. The van der Waals surface area contributed by atoms with Gasteiger partial charge in [0.1, 0.15) is 19.3 Å². The third-order valence-corrected chi connectivity index (χ3v) is 21.3. The number of unbranched alkanes of at least 4 members (excludes halogenated alkanes) is 52. The molecule has 0 fully saturated rings. The first-order valence-electron chi connectivity index (χ1n) is 43.5. The Morgan fingerprint density at radius 1 is 0.298 bits per heavy atom. The Hall–Kier alpha value is -2.46. The number of phosphoric ester groups is 2. The van der Waals surface area contributed by atoms with Crippen LogP contribution in [0, 0.1) is 5.92 Å². The van der Waals surface area contributed by atoms with Gasteiger partial charge in [0.2, 0.25) is 0 Å². The zero-order chi connectivity index (χ0) is 76.2. The van der Waals surface area contributed by atoms with Gasteiger partial charge >= 0.3 is 39.5 Å². The molecule has 0 aliphatic rings. The summed E-state index contributed by atoms with van der Waals surface area (Å²) in [6, 6.07) is 0. The molecule has 104 heavy (non-hydrogen) atoms. The number of aliphatic hydroxyl groups excluding tert-OH is 1. The van der Waals surface area contributed by atoms with Crippen molar-refractivity contribution in [3.05, 3.63) is 24.3 Å². The predicted octanol–water partition coefficient (Wildman–Crippen LogP) is 25.5. The van der Waals surface area contributed by atoms with E-state index in [-0.39, 0.29) is 25.7 Å². The number of allylic oxidation sites excluding steroid dienone is 4. The summed E-state index contributed by atoms with van der Waals surface area (Å²) in [5.41, 5.74) is 0. The number of esters is 4. The molecule has 0 aromatic heterocycles. The van der Waals surface area contributed by atoms with E-state index in [0.29, 0.717) is 25.7 Å². The Kier molecular flexibility index (Phi) is 75.4. The molecule has 0 rings (SSSR count). The summed E-state index contributed by atoms with van der Waals surface area (Å²) in [5.74, 6) is -1.33. The number of hydrogen-bond acceptors (Lipinski definition) is 15. The van der Waals surface area contributed by atoms with Crippen LogP contribution in [0.2, 0.25) is 0 Å². The van der Waals surface area contributed by atoms with E-state index < -0.39 is 97.5 Å². The molecule has 17 nitrogen and oxygen atoms in total. The molecule has 0 spiro atoms. The van der Waals surface area contributed by atoms with E-state index in [1.807, 2.05) is 0 Å². The molecule has 3 N–H and O–H groups in total. The fourth-order valence-corrected chi connectivity index (χ4v) is 14.3. The minimum absolute atomic E-state index is 0.0859. The van der Waals surface area contributed by atoms with Crippen molar-refractivity contribution in [3.63, 3.8) is 0 Å². The summed E-state index contributed by atoms with van der Waals surface area (Å²) < 4.78 is 68.8. The molecule has 19 heteroatoms. The van der Waals surface area contributed by atoms with Crippen LogP contribution in [-0.2, 0) is 65.4 Å². The Morgan fingerprint density at radius 2 is 0.519 bits per heavy atom. The number of hydrogen-bond donors (Lipinski definition) is 3. The molecule has 0 aliphatic heterocycles. The molecular weight excluding hydrogens is 1350 g/mol. The molecule has 0 aromatic carbocycles. The maximum Gasteiger partial charge on any atom is 0.472 e. The standard InChI is InChI=1S/C85H162O17P2/c1-6-9-12-15-18-21-24-27-29-30-31-32-34-41-46-51-56-61-66-71-85(90)102-81(75-96-83(88)69-64-59-54-49-44-39-36-35-38-42-47-52-57-62-67-78(4)5)77-100-104(93,94)98-73-79(86)72-97-103(91,92)99-76-80(74-95-82(87)68-63-58-53-48-43-37-26-23-20-17-14-11-8-3)101-84(89)70-65-60-55-50-45-40-33-28-25-22-19-16-13-10-7-2/h22,25,28,33,78-81,86H,6-21,23-24,26-27,29-32,34-77H2,1-5H3,(H,91,92)(H,93,94)/b25-22-,33-28-/t79-,80+,81+/m0/s1. The van der Waals surface area contributed by atoms with Crippen LogP contribution in [0.15, 0.2) is 24.3 Å². The number of phosphoric acid groups is 2. The van der Waals surface area contributed by atoms with E-state index in [2.05, 4.69) is 58.9 Å². The smallest absolute Gasteiger partial charge is 0.462 e. The molecule has 0 saturated carbocycles. The van der Waals surface area contributed by atoms with E-state index in [4.69, 9.17) is 37.0 Å². The van der Waals surface area contributed by atoms with Gasteiger partial charge in [-0.3, -0.25) is 37.3 Å². The Labute approximate surface area is 637 Å². The summed E-state index contributed by atoms with van der Waals surface area (Å²) >= 11 is 0. The van der Waals surface area contributed by atoms with Crippen LogP contribution in [-0.4, -0.2) is 96.7 Å². The van der Waals surface area contributed by atoms with Gasteiger partial charge in [-0.15, -0.1) is 0 Å². The number of rotatable bonds is 83. The molecule has 2 unspecified atom stereocenters. The van der Waals surface area contributed by atoms with Gasteiger partial charge in [-0.1, -0.05) is 380 Å². The van der Waals surface area contributed by atoms with Crippen LogP contribution in [0.25, 0.3) is 0 Å². The fraction of sp³-hybridized carbons (Fsp3) is 0.906. The molecule has 0 saturated heterocycles. The number of carbonyl (C=O) groups excluding carboxylic acids is 4. The van der Waals surface area contributed by atoms with E-state index >= 15 is 0 Å². The van der Waals surface area contributed by atoms with Crippen LogP contribution in [0.4, 0.5) is 0 Å². The second kappa shape index (κ2) is 77.3. The van der Waals surface area contributed by atoms with Gasteiger partial charge in [0.25, 0.3) is 0 Å². The summed E-state index contributed by atoms with van der Waals surface area (Å²) in [4.78, 5) is 73.2. The van der Waals surface area contributed by atoms with Crippen molar-refractivity contribution in [2.75, 3.05) is 39.6 Å². The Bertz CT molecular complexity index is 2070. The van der Waals surface area contributed by atoms with Crippen molar-refractivity contribution in [2.24, 2.45) is 5.92 Å². The van der Waals surface area contributed by atoms with Crippen LogP contribution in [0.1, 0.15) is 433 Å². The molecule has 0 heterocycles. The predicted molar refractivity (Wildman–Crippen MR) is 428 cm³/mol. The van der Waals surface area contributed by atoms with Gasteiger partial charge in [-0.05, 0) is 57.3 Å². The second-order valence-electron chi connectivity index (χ2n) is 30.4. The van der Waals surface area contributed by atoms with E-state index in [9.17, 15) is 43.2 Å². The second-order valence-corrected chi connectivity index (χ2v) is 33.3. The first kappa shape index (κ1) is 102. The highest BCUT2D eigenvalue weighted by molar-refractivity contribution is 7.47. The first-order chi connectivity index (χ1) is 50.5. The average Bonchev–Trinajstić information content (AvgIpc) is 0.903. The molecule has 0 bridgehead atoms. The van der Waals surface area contributed by atoms with Crippen molar-refractivity contribution in [2.45, 2.75) is 451 Å². The summed E-state index contributed by atoms with van der Waals surface area (Å²) in [6.45, 7) is 7.32. The Balaban J connectivity index is 5.29. The van der Waals surface area contributed by atoms with Gasteiger partial charge in [-0.2, -0.15) is 0 Å². The lowest BCUT2D eigenvalue weighted by Gasteiger charge is -2.21. The van der Waals surface area contributed by atoms with Crippen LogP contribution >= 0.6 is 15.6 Å². The third-order valence-electron chi connectivity index (χ3n) is 19.4. The zero-order valence-electron chi connectivity index (χ0n) is 67.7. The Morgan fingerprint density at radius 3 is 0.788 bits per heavy atom. The largest absolute Gasteiger partial charge is 0.472 e. The maximum atomic E-state index is 13.1. The van der Waals surface area contributed by atoms with Crippen molar-refractivity contribution in [1.82, 2.24) is 0 Å². The quantitative estimate of drug-likeness (QED) is 0.0169. The fourth-order valence-electron chi connectivity index (χ4n) is 12.8. The minimum Gasteiger partial charge on any atom is -0.462 e. The van der Waals surface area contributed by atoms with Crippen LogP contribution in [0.5, 0.6) is 0 Å². The van der Waals surface area contributed by atoms with Gasteiger partial charge in [0.15, 0.2) is 12.2 Å². The van der Waals surface area contributed by atoms with Gasteiger partial charge in [0.05, 0.1) is 26.4 Å². The number of carbonyl (C=O) groups is 4. The highest BCUT2D eigenvalue weighted by Crippen LogP contribution is 2.45. The van der Waals surface area contributed by atoms with Crippen molar-refractivity contribution in [3.8, 4) is 0 Å². The molecular formula is C85H162O17P2. The van der Waals surface area contributed by atoms with E-state index in [1.165, 1.54) is 244 Å². The number of ether oxygens (including phenoxy) is 4. The van der Waals surface area contributed by atoms with Crippen molar-refractivity contribution < 1.29 is 80.2 Å². The molecule has 0 aromatic rings. The highest BCUT2D eigenvalue weighted by atomic mass is 31.2. The van der Waals surface area contributed by atoms with Gasteiger partial charge in [-0.25, -0.2) is 9.13 Å². The van der Waals surface area contributed by atoms with Crippen molar-refractivity contribution in [1.29, 1.82) is 0 Å². The molecule has 0 aliphatic carbocycles. The van der Waals surface area contributed by atoms with Gasteiger partial charge in [0, 0.05) is 25.7 Å². The molecule has 0 radical (unpaired) electrons. The van der Waals surface area contributed by atoms with Crippen LogP contribution in [0.3, 0.4) is 0 Å². The highest BCUT2D eigenvalue weighted by Gasteiger charge is 2.30. The normalized spacial score (nSPS) is 13.9.